The van der Waals surface area contributed by atoms with Crippen LogP contribution in [0.1, 0.15) is 111 Å². The summed E-state index contributed by atoms with van der Waals surface area (Å²) in [6.07, 6.45) is 5.20. The van der Waals surface area contributed by atoms with Crippen LogP contribution in [-0.4, -0.2) is 23.5 Å². The summed E-state index contributed by atoms with van der Waals surface area (Å²) in [4.78, 5) is 14.4. The van der Waals surface area contributed by atoms with Crippen LogP contribution in [0.15, 0.2) is 36.4 Å². The fourth-order valence-corrected chi connectivity index (χ4v) is 12.7. The highest BCUT2D eigenvalue weighted by Crippen LogP contribution is 2.77. The molecule has 2 N–H and O–H groups in total. The van der Waals surface area contributed by atoms with Gasteiger partial charge in [0.25, 0.3) is 0 Å². The van der Waals surface area contributed by atoms with E-state index in [1.165, 1.54) is 36.6 Å². The summed E-state index contributed by atoms with van der Waals surface area (Å²) in [5.41, 5.74) is 1.64. The van der Waals surface area contributed by atoms with E-state index in [2.05, 4.69) is 58.2 Å². The van der Waals surface area contributed by atoms with Crippen LogP contribution < -0.4 is 10.1 Å². The van der Waals surface area contributed by atoms with Crippen molar-refractivity contribution in [1.29, 1.82) is 0 Å². The number of alkyl halides is 3. The number of aliphatic hydroxyl groups is 1. The van der Waals surface area contributed by atoms with Crippen LogP contribution in [0.4, 0.5) is 13.2 Å². The van der Waals surface area contributed by atoms with Gasteiger partial charge in [-0.3, -0.25) is 4.79 Å². The zero-order valence-electron chi connectivity index (χ0n) is 28.2. The summed E-state index contributed by atoms with van der Waals surface area (Å²) < 4.78 is 42.6. The molecule has 10 atom stereocenters. The zero-order valence-corrected chi connectivity index (χ0v) is 28.2. The topological polar surface area (TPSA) is 58.6 Å². The van der Waals surface area contributed by atoms with Gasteiger partial charge in [0.15, 0.2) is 0 Å². The van der Waals surface area contributed by atoms with Crippen molar-refractivity contribution in [2.75, 3.05) is 0 Å². The molecule has 5 fully saturated rings. The van der Waals surface area contributed by atoms with Crippen LogP contribution >= 0.6 is 0 Å². The lowest BCUT2D eigenvalue weighted by molar-refractivity contribution is -0.274. The molecule has 0 aliphatic heterocycles. The van der Waals surface area contributed by atoms with Gasteiger partial charge in [-0.1, -0.05) is 58.9 Å². The van der Waals surface area contributed by atoms with Crippen molar-refractivity contribution < 1.29 is 27.8 Å². The molecule has 7 heteroatoms. The van der Waals surface area contributed by atoms with Crippen LogP contribution in [0.25, 0.3) is 0 Å². The molecule has 0 bridgehead atoms. The molecule has 0 saturated heterocycles. The van der Waals surface area contributed by atoms with Crippen molar-refractivity contribution in [3.05, 3.63) is 42.0 Å². The maximum Gasteiger partial charge on any atom is 0.573 e. The van der Waals surface area contributed by atoms with Gasteiger partial charge in [-0.15, -0.1) is 13.2 Å². The third kappa shape index (κ3) is 4.90. The molecule has 250 valence electrons. The molecule has 5 aliphatic carbocycles. The second kappa shape index (κ2) is 10.8. The number of carbonyl (C=O) groups is 1. The average Bonchev–Trinajstić information content (AvgIpc) is 3.35. The largest absolute Gasteiger partial charge is 0.573 e. The summed E-state index contributed by atoms with van der Waals surface area (Å²) in [5.74, 6) is 1.79. The van der Waals surface area contributed by atoms with E-state index in [-0.39, 0.29) is 51.9 Å². The summed E-state index contributed by atoms with van der Waals surface area (Å²) >= 11 is 0. The molecule has 4 nitrogen and oxygen atoms in total. The number of hydrogen-bond acceptors (Lipinski definition) is 3. The Labute approximate surface area is 268 Å². The van der Waals surface area contributed by atoms with E-state index >= 15 is 0 Å². The van der Waals surface area contributed by atoms with E-state index in [1.807, 2.05) is 0 Å². The lowest BCUT2D eigenvalue weighted by atomic mass is 9.32. The summed E-state index contributed by atoms with van der Waals surface area (Å²) in [6.45, 7) is 19.0. The molecule has 1 aromatic rings. The lowest BCUT2D eigenvalue weighted by Crippen LogP contribution is -2.67. The predicted molar refractivity (Wildman–Crippen MR) is 170 cm³/mol. The first-order valence-electron chi connectivity index (χ1n) is 17.4. The van der Waals surface area contributed by atoms with E-state index in [0.717, 1.165) is 51.4 Å². The van der Waals surface area contributed by atoms with E-state index in [9.17, 15) is 23.1 Å². The van der Waals surface area contributed by atoms with Crippen molar-refractivity contribution in [1.82, 2.24) is 5.32 Å². The highest BCUT2D eigenvalue weighted by molar-refractivity contribution is 5.84. The molecule has 0 radical (unpaired) electrons. The van der Waals surface area contributed by atoms with Crippen molar-refractivity contribution in [3.63, 3.8) is 0 Å². The molecular weight excluding hydrogens is 575 g/mol. The molecule has 0 aromatic heterocycles. The minimum atomic E-state index is -4.76. The van der Waals surface area contributed by atoms with Crippen LogP contribution in [-0.2, 0) is 11.3 Å². The molecule has 5 aliphatic rings. The number of hydrogen-bond donors (Lipinski definition) is 2. The number of aliphatic hydroxyl groups excluding tert-OH is 1. The molecule has 0 spiro atoms. The van der Waals surface area contributed by atoms with Gasteiger partial charge in [0.2, 0.25) is 5.91 Å². The van der Waals surface area contributed by atoms with Gasteiger partial charge in [-0.2, -0.15) is 0 Å². The van der Waals surface area contributed by atoms with Gasteiger partial charge in [0.1, 0.15) is 5.75 Å². The zero-order chi connectivity index (χ0) is 32.8. The SMILES string of the molecule is C=C(C)[C@@H]1CCC2(C(=O)NCc3cccc(OC(F)(F)F)c3)CC[C@]3(C)[C@H](CCC4[C@@]5(C)CC[C@H](O)C(C)(C)[C@@H]5CC[C@]43C)C12. The summed E-state index contributed by atoms with van der Waals surface area (Å²) in [7, 11) is 0. The van der Waals surface area contributed by atoms with Crippen LogP contribution in [0, 0.1) is 56.7 Å². The summed E-state index contributed by atoms with van der Waals surface area (Å²) in [5, 5.41) is 14.2. The number of rotatable bonds is 5. The monoisotopic (exact) mass is 629 g/mol. The van der Waals surface area contributed by atoms with Crippen LogP contribution in [0.2, 0.25) is 0 Å². The van der Waals surface area contributed by atoms with Crippen LogP contribution in [0.3, 0.4) is 0 Å². The number of carbonyl (C=O) groups excluding carboxylic acids is 1. The highest BCUT2D eigenvalue weighted by atomic mass is 19.4. The average molecular weight is 630 g/mol. The predicted octanol–water partition coefficient (Wildman–Crippen LogP) is 9.22. The maximum atomic E-state index is 14.4. The molecular formula is C38H54F3NO3. The fraction of sp³-hybridized carbons (Fsp3) is 0.763. The Hall–Kier alpha value is -2.02. The van der Waals surface area contributed by atoms with E-state index < -0.39 is 11.8 Å². The van der Waals surface area contributed by atoms with Crippen molar-refractivity contribution >= 4 is 5.91 Å². The second-order valence-electron chi connectivity index (χ2n) is 17.1. The van der Waals surface area contributed by atoms with Gasteiger partial charge in [0, 0.05) is 6.54 Å². The third-order valence-corrected chi connectivity index (χ3v) is 15.1. The molecule has 1 amide bonds. The third-order valence-electron chi connectivity index (χ3n) is 15.1. The number of halogens is 3. The number of amides is 1. The number of fused-ring (bicyclic) bond motifs is 7. The van der Waals surface area contributed by atoms with Crippen molar-refractivity contribution in [3.8, 4) is 5.75 Å². The molecule has 3 unspecified atom stereocenters. The first-order chi connectivity index (χ1) is 20.9. The van der Waals surface area contributed by atoms with Gasteiger partial charge in [0.05, 0.1) is 11.5 Å². The first-order valence-corrected chi connectivity index (χ1v) is 17.4. The Balaban J connectivity index is 1.28. The Morgan fingerprint density at radius 1 is 0.956 bits per heavy atom. The number of nitrogens with one attached hydrogen (secondary N) is 1. The van der Waals surface area contributed by atoms with E-state index in [1.54, 1.807) is 6.07 Å². The fourth-order valence-electron chi connectivity index (χ4n) is 12.7. The highest BCUT2D eigenvalue weighted by Gasteiger charge is 2.71. The molecule has 0 heterocycles. The Bertz CT molecular complexity index is 1340. The van der Waals surface area contributed by atoms with Gasteiger partial charge >= 0.3 is 6.36 Å². The molecule has 6 rings (SSSR count). The van der Waals surface area contributed by atoms with Gasteiger partial charge in [-0.05, 0) is 140 Å². The normalized spacial score (nSPS) is 43.7. The minimum Gasteiger partial charge on any atom is -0.406 e. The number of ether oxygens (including phenoxy) is 1. The number of allylic oxidation sites excluding steroid dienone is 1. The Kier molecular flexibility index (Phi) is 7.86. The van der Waals surface area contributed by atoms with Crippen LogP contribution in [0.5, 0.6) is 5.75 Å². The molecule has 1 aromatic carbocycles. The maximum absolute atomic E-state index is 14.4. The van der Waals surface area contributed by atoms with E-state index in [4.69, 9.17) is 0 Å². The standard InChI is InChI=1S/C38H54F3NO3/c1-23(2)26-13-18-37(32(44)42-22-24-9-8-10-25(21-24)45-38(39,40)41)20-19-35(6)27(31(26)37)11-12-29-34(5)16-15-30(43)33(3,4)28(34)14-17-36(29,35)7/h8-10,21,26-31,43H,1,11-20,22H2,2-7H3,(H,42,44)/t26-,27+,28-,29?,30-,31?,34-,35+,36+,37?/m0/s1. The van der Waals surface area contributed by atoms with Gasteiger partial charge < -0.3 is 15.2 Å². The van der Waals surface area contributed by atoms with E-state index in [0.29, 0.717) is 29.2 Å². The minimum absolute atomic E-state index is 0.0476. The van der Waals surface area contributed by atoms with Crippen molar-refractivity contribution in [2.45, 2.75) is 125 Å². The smallest absolute Gasteiger partial charge is 0.406 e. The first kappa shape index (κ1) is 32.9. The molecule has 5 saturated carbocycles. The van der Waals surface area contributed by atoms with Crippen molar-refractivity contribution in [2.24, 2.45) is 56.7 Å². The number of benzene rings is 1. The van der Waals surface area contributed by atoms with Gasteiger partial charge in [-0.25, -0.2) is 0 Å². The quantitative estimate of drug-likeness (QED) is 0.319. The lowest BCUT2D eigenvalue weighted by Gasteiger charge is -2.72. The summed E-state index contributed by atoms with van der Waals surface area (Å²) in [6, 6.07) is 5.90. The molecule has 45 heavy (non-hydrogen) atoms. The Morgan fingerprint density at radius 2 is 1.69 bits per heavy atom. The second-order valence-corrected chi connectivity index (χ2v) is 17.1. The Morgan fingerprint density at radius 3 is 2.38 bits per heavy atom.